The second-order valence-electron chi connectivity index (χ2n) is 8.11. The van der Waals surface area contributed by atoms with E-state index < -0.39 is 66.2 Å². The number of amides is 3. The van der Waals surface area contributed by atoms with Crippen LogP contribution in [0.4, 0.5) is 37.7 Å². The van der Waals surface area contributed by atoms with Crippen molar-refractivity contribution in [2.45, 2.75) is 31.2 Å². The third-order valence-electron chi connectivity index (χ3n) is 5.30. The Morgan fingerprint density at radius 3 is 2.41 bits per heavy atom. The Balaban J connectivity index is 1.87. The number of nitrogens with zero attached hydrogens (tertiary/aromatic N) is 2. The number of rotatable bonds is 8. The molecule has 8 nitrogen and oxygen atoms in total. The molecule has 2 aliphatic rings. The Kier molecular flexibility index (Phi) is 7.41. The molecule has 1 aromatic rings. The fourth-order valence-electron chi connectivity index (χ4n) is 3.66. The molecule has 1 saturated heterocycles. The first kappa shape index (κ1) is 25.7. The van der Waals surface area contributed by atoms with E-state index in [4.69, 9.17) is 10.5 Å². The van der Waals surface area contributed by atoms with Crippen molar-refractivity contribution in [1.29, 1.82) is 0 Å². The molecule has 0 unspecified atom stereocenters. The number of hydrogen-bond donors (Lipinski definition) is 2. The molecule has 3 rings (SSSR count). The standard InChI is InChI=1S/C20H22F6N4O4/c21-19(22,23)10-29(8-11-1-2-11)16(17(27)32)18(33)28-12-3-4-14(13(7-12)20(24,25)26)30-5-6-34-9-15(30)31/h3-4,7,11,16H,1-2,5-6,8-10H2,(H2,27,32)(H,28,33)/t16-/m0/s1. The van der Waals surface area contributed by atoms with Crippen molar-refractivity contribution in [2.75, 3.05) is 43.1 Å². The molecule has 3 N–H and O–H groups in total. The third-order valence-corrected chi connectivity index (χ3v) is 5.30. The molecule has 3 amide bonds. The number of nitrogens with two attached hydrogens (primary N) is 1. The lowest BCUT2D eigenvalue weighted by Gasteiger charge is -2.30. The van der Waals surface area contributed by atoms with E-state index in [9.17, 15) is 40.7 Å². The van der Waals surface area contributed by atoms with Crippen LogP contribution < -0.4 is 16.0 Å². The van der Waals surface area contributed by atoms with Crippen LogP contribution >= 0.6 is 0 Å². The van der Waals surface area contributed by atoms with Gasteiger partial charge in [-0.1, -0.05) is 0 Å². The molecule has 0 bridgehead atoms. The molecule has 0 radical (unpaired) electrons. The van der Waals surface area contributed by atoms with Gasteiger partial charge in [0.1, 0.15) is 6.61 Å². The zero-order chi connectivity index (χ0) is 25.3. The molecule has 2 fully saturated rings. The number of ether oxygens (including phenoxy) is 1. The highest BCUT2D eigenvalue weighted by Crippen LogP contribution is 2.39. The lowest BCUT2D eigenvalue weighted by atomic mass is 10.1. The molecule has 0 spiro atoms. The van der Waals surface area contributed by atoms with Crippen molar-refractivity contribution in [3.8, 4) is 0 Å². The largest absolute Gasteiger partial charge is 0.418 e. The lowest BCUT2D eigenvalue weighted by Crippen LogP contribution is -2.55. The number of halogens is 6. The third kappa shape index (κ3) is 6.59. The van der Waals surface area contributed by atoms with Crippen LogP contribution in [-0.4, -0.2) is 67.7 Å². The minimum atomic E-state index is -4.92. The smallest absolute Gasteiger partial charge is 0.370 e. The first-order valence-electron chi connectivity index (χ1n) is 10.3. The van der Waals surface area contributed by atoms with Gasteiger partial charge in [-0.2, -0.15) is 26.3 Å². The molecule has 34 heavy (non-hydrogen) atoms. The van der Waals surface area contributed by atoms with Gasteiger partial charge in [0, 0.05) is 18.8 Å². The van der Waals surface area contributed by atoms with E-state index in [0.29, 0.717) is 23.8 Å². The van der Waals surface area contributed by atoms with Crippen LogP contribution in [0.5, 0.6) is 0 Å². The van der Waals surface area contributed by atoms with Gasteiger partial charge < -0.3 is 20.7 Å². The average molecular weight is 496 g/mol. The second-order valence-corrected chi connectivity index (χ2v) is 8.11. The van der Waals surface area contributed by atoms with Gasteiger partial charge in [0.2, 0.25) is 5.91 Å². The molecule has 0 aromatic heterocycles. The van der Waals surface area contributed by atoms with Crippen molar-refractivity contribution < 1.29 is 45.5 Å². The van der Waals surface area contributed by atoms with E-state index in [0.717, 1.165) is 17.0 Å². The van der Waals surface area contributed by atoms with Crippen LogP contribution in [0.3, 0.4) is 0 Å². The summed E-state index contributed by atoms with van der Waals surface area (Å²) in [5.74, 6) is -3.49. The van der Waals surface area contributed by atoms with Gasteiger partial charge in [0.25, 0.3) is 11.8 Å². The van der Waals surface area contributed by atoms with Gasteiger partial charge in [0.05, 0.1) is 24.4 Å². The number of alkyl halides is 6. The summed E-state index contributed by atoms with van der Waals surface area (Å²) in [6.07, 6.45) is -8.42. The van der Waals surface area contributed by atoms with Gasteiger partial charge in [0.15, 0.2) is 6.04 Å². The maximum absolute atomic E-state index is 13.7. The summed E-state index contributed by atoms with van der Waals surface area (Å²) >= 11 is 0. The number of morpholine rings is 1. The highest BCUT2D eigenvalue weighted by molar-refractivity contribution is 6.09. The van der Waals surface area contributed by atoms with E-state index in [1.54, 1.807) is 0 Å². The number of hydrogen-bond acceptors (Lipinski definition) is 5. The van der Waals surface area contributed by atoms with Crippen LogP contribution in [0.1, 0.15) is 18.4 Å². The number of benzene rings is 1. The topological polar surface area (TPSA) is 105 Å². The Morgan fingerprint density at radius 2 is 1.88 bits per heavy atom. The summed E-state index contributed by atoms with van der Waals surface area (Å²) in [4.78, 5) is 38.1. The van der Waals surface area contributed by atoms with Crippen LogP contribution in [0.15, 0.2) is 18.2 Å². The molecule has 1 atom stereocenters. The Bertz CT molecular complexity index is 948. The monoisotopic (exact) mass is 496 g/mol. The molecule has 188 valence electrons. The Labute approximate surface area is 190 Å². The maximum atomic E-state index is 13.7. The molecular weight excluding hydrogens is 474 g/mol. The molecule has 14 heteroatoms. The predicted molar refractivity (Wildman–Crippen MR) is 107 cm³/mol. The highest BCUT2D eigenvalue weighted by Gasteiger charge is 2.42. The molecule has 1 aromatic carbocycles. The maximum Gasteiger partial charge on any atom is 0.418 e. The van der Waals surface area contributed by atoms with Crippen LogP contribution in [-0.2, 0) is 25.3 Å². The summed E-state index contributed by atoms with van der Waals surface area (Å²) in [6.45, 7) is -2.29. The van der Waals surface area contributed by atoms with Crippen molar-refractivity contribution in [3.05, 3.63) is 23.8 Å². The minimum Gasteiger partial charge on any atom is -0.370 e. The zero-order valence-corrected chi connectivity index (χ0v) is 17.7. The number of primary amides is 1. The summed E-state index contributed by atoms with van der Waals surface area (Å²) in [5, 5.41) is 2.06. The predicted octanol–water partition coefficient (Wildman–Crippen LogP) is 2.14. The fraction of sp³-hybridized carbons (Fsp3) is 0.550. The van der Waals surface area contributed by atoms with Gasteiger partial charge >= 0.3 is 12.4 Å². The van der Waals surface area contributed by atoms with Gasteiger partial charge in [-0.15, -0.1) is 0 Å². The second kappa shape index (κ2) is 9.78. The number of carbonyl (C=O) groups excluding carboxylic acids is 3. The van der Waals surface area contributed by atoms with E-state index in [1.165, 1.54) is 0 Å². The summed E-state index contributed by atoms with van der Waals surface area (Å²) in [6, 6.07) is 0.511. The Morgan fingerprint density at radius 1 is 1.21 bits per heavy atom. The molecule has 1 aliphatic heterocycles. The minimum absolute atomic E-state index is 0.0256. The summed E-state index contributed by atoms with van der Waals surface area (Å²) in [7, 11) is 0. The molecule has 1 aliphatic carbocycles. The number of carbonyl (C=O) groups is 3. The number of nitrogens with one attached hydrogen (secondary N) is 1. The molecule has 1 heterocycles. The normalized spacial score (nSPS) is 18.2. The van der Waals surface area contributed by atoms with Crippen molar-refractivity contribution in [2.24, 2.45) is 11.7 Å². The van der Waals surface area contributed by atoms with Crippen LogP contribution in [0.25, 0.3) is 0 Å². The van der Waals surface area contributed by atoms with Crippen LogP contribution in [0.2, 0.25) is 0 Å². The SMILES string of the molecule is NC(=O)[C@@H](C(=O)Nc1ccc(N2CCOCC2=O)c(C(F)(F)F)c1)N(CC1CC1)CC(F)(F)F. The van der Waals surface area contributed by atoms with Crippen molar-refractivity contribution in [1.82, 2.24) is 4.90 Å². The first-order valence-corrected chi connectivity index (χ1v) is 10.3. The van der Waals surface area contributed by atoms with Gasteiger partial charge in [-0.3, -0.25) is 19.3 Å². The van der Waals surface area contributed by atoms with E-state index >= 15 is 0 Å². The highest BCUT2D eigenvalue weighted by atomic mass is 19.4. The summed E-state index contributed by atoms with van der Waals surface area (Å²) < 4.78 is 85.2. The van der Waals surface area contributed by atoms with Crippen LogP contribution in [0, 0.1) is 5.92 Å². The zero-order valence-electron chi connectivity index (χ0n) is 17.7. The van der Waals surface area contributed by atoms with E-state index in [-0.39, 0.29) is 25.6 Å². The van der Waals surface area contributed by atoms with Crippen molar-refractivity contribution in [3.63, 3.8) is 0 Å². The van der Waals surface area contributed by atoms with Gasteiger partial charge in [-0.05, 0) is 37.0 Å². The fourth-order valence-corrected chi connectivity index (χ4v) is 3.66. The van der Waals surface area contributed by atoms with E-state index in [2.05, 4.69) is 5.32 Å². The van der Waals surface area contributed by atoms with E-state index in [1.807, 2.05) is 0 Å². The first-order chi connectivity index (χ1) is 15.8. The van der Waals surface area contributed by atoms with Gasteiger partial charge in [-0.25, -0.2) is 0 Å². The molecule has 1 saturated carbocycles. The Hall–Kier alpha value is -2.87. The number of anilines is 2. The summed E-state index contributed by atoms with van der Waals surface area (Å²) in [5.41, 5.74) is 3.06. The lowest BCUT2D eigenvalue weighted by molar-refractivity contribution is -0.157. The van der Waals surface area contributed by atoms with Crippen molar-refractivity contribution >= 4 is 29.1 Å². The molecular formula is C20H22F6N4O4. The average Bonchev–Trinajstić information content (AvgIpc) is 3.50. The quantitative estimate of drug-likeness (QED) is 0.424.